The standard InChI is InChI=1S/C15H26O/c1-11-5-3-7-13(11)9-15(16)10-14-8-4-6-12(14)2/h11-14H,3-10H2,1-2H3. The van der Waals surface area contributed by atoms with Crippen LogP contribution >= 0.6 is 0 Å². The maximum Gasteiger partial charge on any atom is 0.133 e. The van der Waals surface area contributed by atoms with Crippen molar-refractivity contribution in [3.8, 4) is 0 Å². The summed E-state index contributed by atoms with van der Waals surface area (Å²) in [5, 5.41) is 0. The molecule has 2 saturated carbocycles. The third-order valence-electron chi connectivity index (χ3n) is 5.06. The lowest BCUT2D eigenvalue weighted by Gasteiger charge is -2.17. The number of Topliss-reactive ketones (excluding diaryl/α,β-unsaturated/α-hetero) is 1. The molecule has 2 aliphatic carbocycles. The summed E-state index contributed by atoms with van der Waals surface area (Å²) in [5.74, 6) is 3.57. The van der Waals surface area contributed by atoms with E-state index in [-0.39, 0.29) is 0 Å². The number of carbonyl (C=O) groups is 1. The molecule has 1 heteroatoms. The molecule has 2 rings (SSSR count). The molecule has 16 heavy (non-hydrogen) atoms. The van der Waals surface area contributed by atoms with Gasteiger partial charge in [-0.3, -0.25) is 4.79 Å². The maximum absolute atomic E-state index is 12.0. The highest BCUT2D eigenvalue weighted by Crippen LogP contribution is 2.37. The normalized spacial score (nSPS) is 39.1. The van der Waals surface area contributed by atoms with Gasteiger partial charge in [0, 0.05) is 12.8 Å². The Morgan fingerprint density at radius 1 is 0.875 bits per heavy atom. The zero-order valence-corrected chi connectivity index (χ0v) is 10.9. The lowest BCUT2D eigenvalue weighted by molar-refractivity contribution is -0.121. The lowest BCUT2D eigenvalue weighted by atomic mass is 9.87. The third kappa shape index (κ3) is 2.87. The van der Waals surface area contributed by atoms with Crippen LogP contribution < -0.4 is 0 Å². The summed E-state index contributed by atoms with van der Waals surface area (Å²) in [6.45, 7) is 4.65. The van der Waals surface area contributed by atoms with Gasteiger partial charge in [0.25, 0.3) is 0 Å². The smallest absolute Gasteiger partial charge is 0.133 e. The molecule has 0 aromatic heterocycles. The molecule has 0 amide bonds. The molecule has 0 spiro atoms. The van der Waals surface area contributed by atoms with E-state index in [1.807, 2.05) is 0 Å². The van der Waals surface area contributed by atoms with Gasteiger partial charge in [0.05, 0.1) is 0 Å². The van der Waals surface area contributed by atoms with Crippen LogP contribution in [0.4, 0.5) is 0 Å². The van der Waals surface area contributed by atoms with Crippen LogP contribution in [0.15, 0.2) is 0 Å². The fourth-order valence-electron chi connectivity index (χ4n) is 3.72. The molecule has 0 bridgehead atoms. The molecule has 0 saturated heterocycles. The van der Waals surface area contributed by atoms with Crippen LogP contribution in [0.1, 0.15) is 65.2 Å². The molecule has 0 heterocycles. The van der Waals surface area contributed by atoms with Gasteiger partial charge in [-0.1, -0.05) is 39.5 Å². The Morgan fingerprint density at radius 3 is 1.62 bits per heavy atom. The van der Waals surface area contributed by atoms with E-state index in [1.165, 1.54) is 38.5 Å². The van der Waals surface area contributed by atoms with E-state index in [2.05, 4.69) is 13.8 Å². The van der Waals surface area contributed by atoms with Crippen molar-refractivity contribution in [1.29, 1.82) is 0 Å². The van der Waals surface area contributed by atoms with E-state index in [4.69, 9.17) is 0 Å². The highest BCUT2D eigenvalue weighted by molar-refractivity contribution is 5.79. The molecule has 0 aliphatic heterocycles. The molecule has 4 atom stereocenters. The molecular weight excluding hydrogens is 196 g/mol. The van der Waals surface area contributed by atoms with Gasteiger partial charge >= 0.3 is 0 Å². The van der Waals surface area contributed by atoms with Crippen LogP contribution in [0.25, 0.3) is 0 Å². The van der Waals surface area contributed by atoms with Crippen molar-refractivity contribution in [2.45, 2.75) is 65.2 Å². The third-order valence-corrected chi connectivity index (χ3v) is 5.06. The minimum atomic E-state index is 0.553. The Kier molecular flexibility index (Phi) is 4.05. The number of hydrogen-bond donors (Lipinski definition) is 0. The van der Waals surface area contributed by atoms with Gasteiger partial charge < -0.3 is 0 Å². The van der Waals surface area contributed by atoms with Crippen molar-refractivity contribution in [2.24, 2.45) is 23.7 Å². The molecule has 0 aromatic carbocycles. The average Bonchev–Trinajstić information content (AvgIpc) is 2.79. The lowest BCUT2D eigenvalue weighted by Crippen LogP contribution is -2.15. The Bertz CT molecular complexity index is 222. The SMILES string of the molecule is CC1CCCC1CC(=O)CC1CCCC1C. The first-order chi connectivity index (χ1) is 7.66. The number of hydrogen-bond acceptors (Lipinski definition) is 1. The molecular formula is C15H26O. The first-order valence-corrected chi connectivity index (χ1v) is 7.18. The fraction of sp³-hybridized carbons (Fsp3) is 0.933. The van der Waals surface area contributed by atoms with Gasteiger partial charge in [-0.2, -0.15) is 0 Å². The summed E-state index contributed by atoms with van der Waals surface area (Å²) in [6.07, 6.45) is 9.74. The van der Waals surface area contributed by atoms with Crippen molar-refractivity contribution < 1.29 is 4.79 Å². The Balaban J connectivity index is 1.75. The topological polar surface area (TPSA) is 17.1 Å². The van der Waals surface area contributed by atoms with E-state index in [0.29, 0.717) is 17.6 Å². The van der Waals surface area contributed by atoms with Gasteiger partial charge in [0.1, 0.15) is 5.78 Å². The van der Waals surface area contributed by atoms with Crippen molar-refractivity contribution in [1.82, 2.24) is 0 Å². The minimum absolute atomic E-state index is 0.553. The van der Waals surface area contributed by atoms with E-state index in [1.54, 1.807) is 0 Å². The second-order valence-electron chi connectivity index (χ2n) is 6.28. The predicted octanol–water partition coefficient (Wildman–Crippen LogP) is 4.21. The summed E-state index contributed by atoms with van der Waals surface area (Å²) in [5.41, 5.74) is 0. The first kappa shape index (κ1) is 12.1. The molecule has 4 unspecified atom stereocenters. The zero-order valence-electron chi connectivity index (χ0n) is 10.9. The summed E-state index contributed by atoms with van der Waals surface area (Å²) < 4.78 is 0. The summed E-state index contributed by atoms with van der Waals surface area (Å²) in [7, 11) is 0. The molecule has 0 aromatic rings. The minimum Gasteiger partial charge on any atom is -0.300 e. The van der Waals surface area contributed by atoms with Gasteiger partial charge in [-0.15, -0.1) is 0 Å². The molecule has 92 valence electrons. The van der Waals surface area contributed by atoms with Gasteiger partial charge in [0.2, 0.25) is 0 Å². The Labute approximate surface area is 100.0 Å². The second-order valence-corrected chi connectivity index (χ2v) is 6.28. The van der Waals surface area contributed by atoms with Gasteiger partial charge in [-0.25, -0.2) is 0 Å². The van der Waals surface area contributed by atoms with Gasteiger partial charge in [0.15, 0.2) is 0 Å². The van der Waals surface area contributed by atoms with E-state index >= 15 is 0 Å². The molecule has 2 fully saturated rings. The Morgan fingerprint density at radius 2 is 1.31 bits per heavy atom. The fourth-order valence-corrected chi connectivity index (χ4v) is 3.72. The maximum atomic E-state index is 12.0. The number of rotatable bonds is 4. The van der Waals surface area contributed by atoms with Crippen LogP contribution in [-0.2, 0) is 4.79 Å². The van der Waals surface area contributed by atoms with Crippen molar-refractivity contribution in [3.05, 3.63) is 0 Å². The van der Waals surface area contributed by atoms with Crippen molar-refractivity contribution >= 4 is 5.78 Å². The zero-order chi connectivity index (χ0) is 11.5. The molecule has 1 nitrogen and oxygen atoms in total. The summed E-state index contributed by atoms with van der Waals surface area (Å²) in [4.78, 5) is 12.0. The largest absolute Gasteiger partial charge is 0.300 e. The Hall–Kier alpha value is -0.330. The molecule has 0 radical (unpaired) electrons. The molecule has 2 aliphatic rings. The van der Waals surface area contributed by atoms with E-state index in [9.17, 15) is 4.79 Å². The summed E-state index contributed by atoms with van der Waals surface area (Å²) >= 11 is 0. The highest BCUT2D eigenvalue weighted by atomic mass is 16.1. The van der Waals surface area contributed by atoms with Crippen molar-refractivity contribution in [2.75, 3.05) is 0 Å². The summed E-state index contributed by atoms with van der Waals surface area (Å²) in [6, 6.07) is 0. The molecule has 0 N–H and O–H groups in total. The van der Waals surface area contributed by atoms with Crippen LogP contribution in [0, 0.1) is 23.7 Å². The first-order valence-electron chi connectivity index (χ1n) is 7.18. The van der Waals surface area contributed by atoms with Crippen LogP contribution in [-0.4, -0.2) is 5.78 Å². The van der Waals surface area contributed by atoms with Crippen LogP contribution in [0.2, 0.25) is 0 Å². The van der Waals surface area contributed by atoms with Crippen LogP contribution in [0.5, 0.6) is 0 Å². The second kappa shape index (κ2) is 5.33. The monoisotopic (exact) mass is 222 g/mol. The predicted molar refractivity (Wildman–Crippen MR) is 67.3 cm³/mol. The average molecular weight is 222 g/mol. The van der Waals surface area contributed by atoms with Gasteiger partial charge in [-0.05, 0) is 36.5 Å². The van der Waals surface area contributed by atoms with E-state index in [0.717, 1.165) is 24.7 Å². The highest BCUT2D eigenvalue weighted by Gasteiger charge is 2.29. The number of carbonyl (C=O) groups excluding carboxylic acids is 1. The quantitative estimate of drug-likeness (QED) is 0.696. The van der Waals surface area contributed by atoms with E-state index < -0.39 is 0 Å². The van der Waals surface area contributed by atoms with Crippen LogP contribution in [0.3, 0.4) is 0 Å². The number of ketones is 1. The van der Waals surface area contributed by atoms with Crippen molar-refractivity contribution in [3.63, 3.8) is 0 Å².